The lowest BCUT2D eigenvalue weighted by molar-refractivity contribution is 0.662. The Morgan fingerprint density at radius 2 is 2.38 bits per heavy atom. The van der Waals surface area contributed by atoms with Crippen molar-refractivity contribution in [2.24, 2.45) is 5.73 Å². The Bertz CT molecular complexity index is 259. The highest BCUT2D eigenvalue weighted by Gasteiger charge is 2.10. The van der Waals surface area contributed by atoms with Crippen LogP contribution in [-0.4, -0.2) is 18.1 Å². The second-order valence-corrected chi connectivity index (χ2v) is 4.28. The topological polar surface area (TPSA) is 42.2 Å². The van der Waals surface area contributed by atoms with Crippen molar-refractivity contribution in [2.45, 2.75) is 32.9 Å². The first-order valence-electron chi connectivity index (χ1n) is 4.56. The molecule has 0 aliphatic rings. The molecule has 1 unspecified atom stereocenters. The molecule has 4 heteroatoms. The standard InChI is InChI=1S/C9H17N3S/c1-4-7(2)12(3)9-11-6-8(5-10)13-9/h6-7H,4-5,10H2,1-3H3. The summed E-state index contributed by atoms with van der Waals surface area (Å²) in [4.78, 5) is 7.66. The lowest BCUT2D eigenvalue weighted by Gasteiger charge is -2.22. The van der Waals surface area contributed by atoms with E-state index >= 15 is 0 Å². The maximum absolute atomic E-state index is 5.52. The Morgan fingerprint density at radius 1 is 1.69 bits per heavy atom. The van der Waals surface area contributed by atoms with Gasteiger partial charge in [-0.2, -0.15) is 0 Å². The molecule has 0 amide bonds. The van der Waals surface area contributed by atoms with Crippen LogP contribution >= 0.6 is 11.3 Å². The maximum Gasteiger partial charge on any atom is 0.185 e. The van der Waals surface area contributed by atoms with Crippen LogP contribution in [0.15, 0.2) is 6.20 Å². The molecule has 1 aromatic rings. The summed E-state index contributed by atoms with van der Waals surface area (Å²) in [5.41, 5.74) is 5.52. The Kier molecular flexibility index (Phi) is 3.69. The van der Waals surface area contributed by atoms with E-state index in [1.54, 1.807) is 11.3 Å². The number of nitrogens with two attached hydrogens (primary N) is 1. The van der Waals surface area contributed by atoms with Crippen LogP contribution in [0.5, 0.6) is 0 Å². The molecule has 74 valence electrons. The molecule has 0 aliphatic carbocycles. The van der Waals surface area contributed by atoms with E-state index in [4.69, 9.17) is 5.73 Å². The van der Waals surface area contributed by atoms with Crippen molar-refractivity contribution < 1.29 is 0 Å². The molecule has 3 nitrogen and oxygen atoms in total. The first-order valence-corrected chi connectivity index (χ1v) is 5.38. The van der Waals surface area contributed by atoms with Gasteiger partial charge in [0.2, 0.25) is 0 Å². The molecule has 0 saturated carbocycles. The Balaban J connectivity index is 2.70. The van der Waals surface area contributed by atoms with Gasteiger partial charge < -0.3 is 10.6 Å². The van der Waals surface area contributed by atoms with Gasteiger partial charge >= 0.3 is 0 Å². The van der Waals surface area contributed by atoms with Crippen molar-refractivity contribution in [3.05, 3.63) is 11.1 Å². The minimum Gasteiger partial charge on any atom is -0.348 e. The van der Waals surface area contributed by atoms with Gasteiger partial charge in [0.15, 0.2) is 5.13 Å². The fourth-order valence-electron chi connectivity index (χ4n) is 1.02. The highest BCUT2D eigenvalue weighted by Crippen LogP contribution is 2.23. The molecular formula is C9H17N3S. The molecular weight excluding hydrogens is 182 g/mol. The summed E-state index contributed by atoms with van der Waals surface area (Å²) >= 11 is 1.67. The SMILES string of the molecule is CCC(C)N(C)c1ncc(CN)s1. The molecule has 1 aromatic heterocycles. The van der Waals surface area contributed by atoms with Crippen LogP contribution in [-0.2, 0) is 6.54 Å². The van der Waals surface area contributed by atoms with Gasteiger partial charge in [-0.25, -0.2) is 4.98 Å². The summed E-state index contributed by atoms with van der Waals surface area (Å²) in [6.45, 7) is 4.97. The number of rotatable bonds is 4. The van der Waals surface area contributed by atoms with Crippen LogP contribution in [0.2, 0.25) is 0 Å². The molecule has 1 atom stereocenters. The molecule has 2 N–H and O–H groups in total. The fourth-order valence-corrected chi connectivity index (χ4v) is 1.87. The van der Waals surface area contributed by atoms with Crippen molar-refractivity contribution in [3.63, 3.8) is 0 Å². The van der Waals surface area contributed by atoms with Gasteiger partial charge in [-0.3, -0.25) is 0 Å². The van der Waals surface area contributed by atoms with Gasteiger partial charge in [0, 0.05) is 30.7 Å². The van der Waals surface area contributed by atoms with Gasteiger partial charge in [-0.1, -0.05) is 6.92 Å². The summed E-state index contributed by atoms with van der Waals surface area (Å²) in [5.74, 6) is 0. The summed E-state index contributed by atoms with van der Waals surface area (Å²) in [6, 6.07) is 0.539. The van der Waals surface area contributed by atoms with E-state index in [1.807, 2.05) is 6.20 Å². The van der Waals surface area contributed by atoms with Gasteiger partial charge in [-0.15, -0.1) is 11.3 Å². The van der Waals surface area contributed by atoms with Crippen molar-refractivity contribution >= 4 is 16.5 Å². The second-order valence-electron chi connectivity index (χ2n) is 3.18. The van der Waals surface area contributed by atoms with Crippen molar-refractivity contribution in [2.75, 3.05) is 11.9 Å². The Hall–Kier alpha value is -0.610. The lowest BCUT2D eigenvalue weighted by atomic mass is 10.2. The van der Waals surface area contributed by atoms with Crippen molar-refractivity contribution in [1.29, 1.82) is 0 Å². The highest BCUT2D eigenvalue weighted by molar-refractivity contribution is 7.15. The molecule has 0 saturated heterocycles. The number of nitrogens with zero attached hydrogens (tertiary/aromatic N) is 2. The minimum absolute atomic E-state index is 0.539. The lowest BCUT2D eigenvalue weighted by Crippen LogP contribution is -2.27. The van der Waals surface area contributed by atoms with Crippen LogP contribution in [0.4, 0.5) is 5.13 Å². The van der Waals surface area contributed by atoms with Gasteiger partial charge in [0.05, 0.1) is 0 Å². The third-order valence-corrected chi connectivity index (χ3v) is 3.41. The molecule has 0 aliphatic heterocycles. The van der Waals surface area contributed by atoms with Crippen molar-refractivity contribution in [1.82, 2.24) is 4.98 Å². The summed E-state index contributed by atoms with van der Waals surface area (Å²) in [6.07, 6.45) is 2.99. The third kappa shape index (κ3) is 2.42. The quantitative estimate of drug-likeness (QED) is 0.804. The molecule has 13 heavy (non-hydrogen) atoms. The molecule has 1 rings (SSSR count). The van der Waals surface area contributed by atoms with E-state index < -0.39 is 0 Å². The normalized spacial score (nSPS) is 12.9. The highest BCUT2D eigenvalue weighted by atomic mass is 32.1. The monoisotopic (exact) mass is 199 g/mol. The summed E-state index contributed by atoms with van der Waals surface area (Å²) in [7, 11) is 2.08. The average Bonchev–Trinajstić information content (AvgIpc) is 2.63. The number of hydrogen-bond acceptors (Lipinski definition) is 4. The predicted molar refractivity (Wildman–Crippen MR) is 58.2 cm³/mol. The van der Waals surface area contributed by atoms with Gasteiger partial charge in [0.1, 0.15) is 0 Å². The number of aromatic nitrogens is 1. The molecule has 1 heterocycles. The first-order chi connectivity index (χ1) is 6.19. The summed E-state index contributed by atoms with van der Waals surface area (Å²) < 4.78 is 0. The van der Waals surface area contributed by atoms with Crippen LogP contribution in [0.1, 0.15) is 25.1 Å². The van der Waals surface area contributed by atoms with Crippen molar-refractivity contribution in [3.8, 4) is 0 Å². The van der Waals surface area contributed by atoms with E-state index in [2.05, 4.69) is 30.8 Å². The first kappa shape index (κ1) is 10.5. The Morgan fingerprint density at radius 3 is 2.85 bits per heavy atom. The molecule has 0 radical (unpaired) electrons. The minimum atomic E-state index is 0.539. The largest absolute Gasteiger partial charge is 0.348 e. The molecule has 0 spiro atoms. The van der Waals surface area contributed by atoms with Crippen LogP contribution in [0.25, 0.3) is 0 Å². The van der Waals surface area contributed by atoms with E-state index in [1.165, 1.54) is 0 Å². The zero-order valence-electron chi connectivity index (χ0n) is 8.45. The van der Waals surface area contributed by atoms with E-state index in [9.17, 15) is 0 Å². The molecule has 0 fully saturated rings. The smallest absolute Gasteiger partial charge is 0.185 e. The average molecular weight is 199 g/mol. The van der Waals surface area contributed by atoms with E-state index in [0.29, 0.717) is 12.6 Å². The maximum atomic E-state index is 5.52. The zero-order chi connectivity index (χ0) is 9.84. The number of anilines is 1. The Labute approximate surface area is 83.6 Å². The van der Waals surface area contributed by atoms with Crippen LogP contribution < -0.4 is 10.6 Å². The van der Waals surface area contributed by atoms with Crippen LogP contribution in [0.3, 0.4) is 0 Å². The zero-order valence-corrected chi connectivity index (χ0v) is 9.27. The third-order valence-electron chi connectivity index (χ3n) is 2.30. The summed E-state index contributed by atoms with van der Waals surface area (Å²) in [5, 5.41) is 1.06. The molecule has 0 bridgehead atoms. The van der Waals surface area contributed by atoms with Gasteiger partial charge in [0.25, 0.3) is 0 Å². The van der Waals surface area contributed by atoms with E-state index in [0.717, 1.165) is 16.4 Å². The fraction of sp³-hybridized carbons (Fsp3) is 0.667. The second kappa shape index (κ2) is 4.58. The number of thiazole rings is 1. The van der Waals surface area contributed by atoms with Gasteiger partial charge in [-0.05, 0) is 13.3 Å². The number of hydrogen-bond donors (Lipinski definition) is 1. The predicted octanol–water partition coefficient (Wildman–Crippen LogP) is 1.84. The molecule has 0 aromatic carbocycles. The van der Waals surface area contributed by atoms with Crippen LogP contribution in [0, 0.1) is 0 Å². The van der Waals surface area contributed by atoms with E-state index in [-0.39, 0.29) is 0 Å².